The Kier molecular flexibility index (Phi) is 6.77. The second-order valence-electron chi connectivity index (χ2n) is 11.9. The molecule has 4 fully saturated rings. The number of pyridine rings is 1. The lowest BCUT2D eigenvalue weighted by molar-refractivity contribution is -0.124. The quantitative estimate of drug-likeness (QED) is 0.345. The zero-order valence-electron chi connectivity index (χ0n) is 23.3. The Morgan fingerprint density at radius 1 is 0.846 bits per heavy atom. The van der Waals surface area contributed by atoms with Gasteiger partial charge in [-0.3, -0.25) is 9.78 Å². The van der Waals surface area contributed by atoms with E-state index in [4.69, 9.17) is 23.9 Å². The summed E-state index contributed by atoms with van der Waals surface area (Å²) in [7, 11) is 6.50. The van der Waals surface area contributed by atoms with Gasteiger partial charge in [0.2, 0.25) is 5.91 Å². The van der Waals surface area contributed by atoms with Gasteiger partial charge in [-0.2, -0.15) is 0 Å². The van der Waals surface area contributed by atoms with Crippen molar-refractivity contribution >= 4 is 22.4 Å². The number of hydrogen-bond acceptors (Lipinski definition) is 6. The summed E-state index contributed by atoms with van der Waals surface area (Å²) >= 11 is 0. The standard InChI is InChI=1S/C32H38N2O5/c1-36-27-11-22-5-6-33-26(24(22)13-29(27)38-3)10-23-12-28(37-2)30(39-4)14-25(23)34-31(35)18-32-15-19-7-20(16-32)9-21(8-19)17-32/h5-6,11-14,19-21H,7-10,15-18H2,1-4H3,(H,34,35). The molecule has 0 radical (unpaired) electrons. The molecule has 1 heterocycles. The molecule has 4 saturated carbocycles. The number of methoxy groups -OCH3 is 4. The molecule has 1 amide bonds. The number of anilines is 1. The highest BCUT2D eigenvalue weighted by molar-refractivity contribution is 5.93. The molecule has 0 atom stereocenters. The molecule has 7 rings (SSSR count). The zero-order chi connectivity index (χ0) is 27.1. The SMILES string of the molecule is COc1cc(Cc2nccc3cc(OC)c(OC)cc23)c(NC(=O)CC23CC4CC(CC(C4)C2)C3)cc1OC. The first-order valence-corrected chi connectivity index (χ1v) is 14.0. The summed E-state index contributed by atoms with van der Waals surface area (Å²) in [5, 5.41) is 5.25. The lowest BCUT2D eigenvalue weighted by Gasteiger charge is -2.56. The van der Waals surface area contributed by atoms with Gasteiger partial charge in [0.15, 0.2) is 23.0 Å². The summed E-state index contributed by atoms with van der Waals surface area (Å²) in [6, 6.07) is 9.70. The number of aromatic nitrogens is 1. The van der Waals surface area contributed by atoms with Crippen LogP contribution in [0.2, 0.25) is 0 Å². The first kappa shape index (κ1) is 25.8. The van der Waals surface area contributed by atoms with Gasteiger partial charge >= 0.3 is 0 Å². The van der Waals surface area contributed by atoms with Crippen LogP contribution in [0, 0.1) is 23.2 Å². The van der Waals surface area contributed by atoms with Gasteiger partial charge in [0.1, 0.15) is 0 Å². The van der Waals surface area contributed by atoms with Crippen LogP contribution in [0.4, 0.5) is 5.69 Å². The van der Waals surface area contributed by atoms with Crippen LogP contribution in [0.25, 0.3) is 10.8 Å². The molecule has 0 aliphatic heterocycles. The number of hydrogen-bond donors (Lipinski definition) is 1. The molecule has 206 valence electrons. The van der Waals surface area contributed by atoms with Crippen molar-refractivity contribution in [1.82, 2.24) is 4.98 Å². The fourth-order valence-electron chi connectivity index (χ4n) is 8.11. The Bertz CT molecular complexity index is 1370. The van der Waals surface area contributed by atoms with E-state index in [0.29, 0.717) is 35.8 Å². The van der Waals surface area contributed by atoms with Gasteiger partial charge in [0.05, 0.1) is 34.1 Å². The third-order valence-electron chi connectivity index (χ3n) is 9.29. The minimum absolute atomic E-state index is 0.0858. The van der Waals surface area contributed by atoms with Gasteiger partial charge in [-0.1, -0.05) is 0 Å². The van der Waals surface area contributed by atoms with E-state index >= 15 is 0 Å². The normalized spacial score (nSPS) is 25.0. The maximum absolute atomic E-state index is 13.6. The molecule has 4 aliphatic rings. The Hall–Kier alpha value is -3.48. The molecule has 4 aliphatic carbocycles. The summed E-state index contributed by atoms with van der Waals surface area (Å²) in [6.07, 6.45) is 10.6. The Balaban J connectivity index is 1.31. The summed E-state index contributed by atoms with van der Waals surface area (Å²) in [4.78, 5) is 18.3. The smallest absolute Gasteiger partial charge is 0.224 e. The summed E-state index contributed by atoms with van der Waals surface area (Å²) < 4.78 is 22.3. The van der Waals surface area contributed by atoms with Gasteiger partial charge in [0, 0.05) is 36.2 Å². The molecule has 1 N–H and O–H groups in total. The fraction of sp³-hybridized carbons (Fsp3) is 0.500. The second-order valence-corrected chi connectivity index (χ2v) is 11.9. The average Bonchev–Trinajstić information content (AvgIpc) is 2.91. The van der Waals surface area contributed by atoms with E-state index in [1.165, 1.54) is 38.5 Å². The molecular formula is C32H38N2O5. The van der Waals surface area contributed by atoms with Crippen LogP contribution in [-0.2, 0) is 11.2 Å². The number of rotatable bonds is 9. The fourth-order valence-corrected chi connectivity index (χ4v) is 8.11. The van der Waals surface area contributed by atoms with Crippen LogP contribution >= 0.6 is 0 Å². The van der Waals surface area contributed by atoms with E-state index in [9.17, 15) is 4.79 Å². The Morgan fingerprint density at radius 2 is 1.41 bits per heavy atom. The molecule has 0 unspecified atom stereocenters. The van der Waals surface area contributed by atoms with E-state index in [1.54, 1.807) is 34.6 Å². The molecule has 1 aromatic heterocycles. The molecule has 0 spiro atoms. The first-order valence-electron chi connectivity index (χ1n) is 14.0. The lowest BCUT2D eigenvalue weighted by Crippen LogP contribution is -2.47. The first-order chi connectivity index (χ1) is 18.9. The van der Waals surface area contributed by atoms with Crippen molar-refractivity contribution in [1.29, 1.82) is 0 Å². The number of nitrogens with one attached hydrogen (secondary N) is 1. The van der Waals surface area contributed by atoms with Crippen LogP contribution in [0.3, 0.4) is 0 Å². The molecule has 7 heteroatoms. The number of ether oxygens (including phenoxy) is 4. The second kappa shape index (κ2) is 10.2. The third-order valence-corrected chi connectivity index (χ3v) is 9.29. The van der Waals surface area contributed by atoms with Gasteiger partial charge in [-0.25, -0.2) is 0 Å². The summed E-state index contributed by atoms with van der Waals surface area (Å²) in [5.41, 5.74) is 2.70. The molecular weight excluding hydrogens is 492 g/mol. The van der Waals surface area contributed by atoms with Crippen LogP contribution in [0.5, 0.6) is 23.0 Å². The number of carbonyl (C=O) groups excluding carboxylic acids is 1. The number of nitrogens with zero attached hydrogens (tertiary/aromatic N) is 1. The van der Waals surface area contributed by atoms with E-state index in [0.717, 1.165) is 45.5 Å². The number of carbonyl (C=O) groups is 1. The van der Waals surface area contributed by atoms with Crippen LogP contribution in [0.1, 0.15) is 56.2 Å². The van der Waals surface area contributed by atoms with Crippen molar-refractivity contribution in [3.63, 3.8) is 0 Å². The molecule has 4 bridgehead atoms. The Labute approximate surface area is 230 Å². The van der Waals surface area contributed by atoms with Crippen molar-refractivity contribution in [3.8, 4) is 23.0 Å². The number of amides is 1. The number of fused-ring (bicyclic) bond motifs is 1. The zero-order valence-corrected chi connectivity index (χ0v) is 23.3. The molecule has 2 aromatic carbocycles. The van der Waals surface area contributed by atoms with Gasteiger partial charge in [0.25, 0.3) is 0 Å². The number of benzene rings is 2. The van der Waals surface area contributed by atoms with Gasteiger partial charge in [-0.05, 0) is 96.9 Å². The topological polar surface area (TPSA) is 78.9 Å². The third kappa shape index (κ3) is 4.88. The van der Waals surface area contributed by atoms with E-state index in [-0.39, 0.29) is 11.3 Å². The predicted octanol–water partition coefficient (Wildman–Crippen LogP) is 6.41. The van der Waals surface area contributed by atoms with Crippen LogP contribution in [0.15, 0.2) is 36.5 Å². The monoisotopic (exact) mass is 530 g/mol. The van der Waals surface area contributed by atoms with Crippen molar-refractivity contribution < 1.29 is 23.7 Å². The summed E-state index contributed by atoms with van der Waals surface area (Å²) in [5.74, 6) is 5.05. The van der Waals surface area contributed by atoms with Crippen molar-refractivity contribution in [2.45, 2.75) is 51.4 Å². The predicted molar refractivity (Wildman–Crippen MR) is 151 cm³/mol. The maximum Gasteiger partial charge on any atom is 0.224 e. The van der Waals surface area contributed by atoms with E-state index in [1.807, 2.05) is 30.3 Å². The molecule has 0 saturated heterocycles. The van der Waals surface area contributed by atoms with Crippen LogP contribution in [-0.4, -0.2) is 39.3 Å². The van der Waals surface area contributed by atoms with Gasteiger partial charge in [-0.15, -0.1) is 0 Å². The van der Waals surface area contributed by atoms with Crippen molar-refractivity contribution in [2.75, 3.05) is 33.8 Å². The van der Waals surface area contributed by atoms with Crippen molar-refractivity contribution in [2.24, 2.45) is 23.2 Å². The minimum Gasteiger partial charge on any atom is -0.493 e. The van der Waals surface area contributed by atoms with Crippen molar-refractivity contribution in [3.05, 3.63) is 47.8 Å². The molecule has 3 aromatic rings. The van der Waals surface area contributed by atoms with E-state index in [2.05, 4.69) is 5.32 Å². The van der Waals surface area contributed by atoms with Crippen LogP contribution < -0.4 is 24.3 Å². The maximum atomic E-state index is 13.6. The van der Waals surface area contributed by atoms with Gasteiger partial charge < -0.3 is 24.3 Å². The molecule has 39 heavy (non-hydrogen) atoms. The lowest BCUT2D eigenvalue weighted by atomic mass is 9.49. The summed E-state index contributed by atoms with van der Waals surface area (Å²) in [6.45, 7) is 0. The highest BCUT2D eigenvalue weighted by Gasteiger charge is 2.51. The highest BCUT2D eigenvalue weighted by atomic mass is 16.5. The largest absolute Gasteiger partial charge is 0.493 e. The van der Waals surface area contributed by atoms with E-state index < -0.39 is 0 Å². The molecule has 7 nitrogen and oxygen atoms in total. The Morgan fingerprint density at radius 3 is 2.03 bits per heavy atom. The minimum atomic E-state index is 0.0858. The highest BCUT2D eigenvalue weighted by Crippen LogP contribution is 2.61. The average molecular weight is 531 g/mol.